The van der Waals surface area contributed by atoms with Crippen molar-refractivity contribution in [3.63, 3.8) is 0 Å². The lowest BCUT2D eigenvalue weighted by molar-refractivity contribution is -0.112. The Kier molecular flexibility index (Phi) is 5.79. The Morgan fingerprint density at radius 1 is 1.04 bits per heavy atom. The molecule has 0 bridgehead atoms. The van der Waals surface area contributed by atoms with Crippen LogP contribution in [0.3, 0.4) is 0 Å². The second-order valence-electron chi connectivity index (χ2n) is 5.25. The molecule has 2 N–H and O–H groups in total. The minimum absolute atomic E-state index is 0.0368. The van der Waals surface area contributed by atoms with Crippen LogP contribution in [-0.2, 0) is 4.79 Å². The molecule has 0 aliphatic heterocycles. The Morgan fingerprint density at radius 2 is 1.72 bits per heavy atom. The van der Waals surface area contributed by atoms with E-state index in [9.17, 15) is 9.59 Å². The van der Waals surface area contributed by atoms with Gasteiger partial charge in [0.25, 0.3) is 5.91 Å². The molecule has 1 amide bonds. The molecule has 6 heteroatoms. The molecular formula is C19H19NO5. The summed E-state index contributed by atoms with van der Waals surface area (Å²) < 4.78 is 10.4. The maximum Gasteiger partial charge on any atom is 0.337 e. The Morgan fingerprint density at radius 3 is 2.36 bits per heavy atom. The largest absolute Gasteiger partial charge is 0.493 e. The second kappa shape index (κ2) is 8.01. The molecular weight excluding hydrogens is 322 g/mol. The number of methoxy groups -OCH3 is 2. The van der Waals surface area contributed by atoms with E-state index in [-0.39, 0.29) is 17.2 Å². The molecule has 0 aromatic heterocycles. The van der Waals surface area contributed by atoms with Gasteiger partial charge in [0, 0.05) is 5.57 Å². The van der Waals surface area contributed by atoms with Crippen molar-refractivity contribution in [1.29, 1.82) is 0 Å². The van der Waals surface area contributed by atoms with Crippen molar-refractivity contribution in [2.75, 3.05) is 19.5 Å². The molecule has 0 atom stereocenters. The molecule has 130 valence electrons. The lowest BCUT2D eigenvalue weighted by atomic mass is 10.1. The number of hydrogen-bond donors (Lipinski definition) is 2. The highest BCUT2D eigenvalue weighted by molar-refractivity contribution is 6.09. The molecule has 0 saturated carbocycles. The van der Waals surface area contributed by atoms with E-state index >= 15 is 0 Å². The van der Waals surface area contributed by atoms with Crippen LogP contribution in [0.5, 0.6) is 11.5 Å². The number of nitrogens with one attached hydrogen (secondary N) is 1. The molecule has 0 aliphatic carbocycles. The molecule has 2 aromatic carbocycles. The van der Waals surface area contributed by atoms with Crippen LogP contribution in [0.15, 0.2) is 48.0 Å². The minimum atomic E-state index is -1.10. The van der Waals surface area contributed by atoms with Crippen molar-refractivity contribution in [2.24, 2.45) is 0 Å². The van der Waals surface area contributed by atoms with E-state index in [0.29, 0.717) is 17.1 Å². The average molecular weight is 341 g/mol. The summed E-state index contributed by atoms with van der Waals surface area (Å²) in [5.74, 6) is -0.335. The van der Waals surface area contributed by atoms with E-state index in [0.717, 1.165) is 5.56 Å². The molecule has 0 radical (unpaired) electrons. The molecule has 0 fully saturated rings. The number of benzene rings is 2. The molecule has 0 heterocycles. The maximum absolute atomic E-state index is 12.3. The van der Waals surface area contributed by atoms with Crippen LogP contribution in [0.25, 0.3) is 6.08 Å². The highest BCUT2D eigenvalue weighted by atomic mass is 16.5. The van der Waals surface area contributed by atoms with Gasteiger partial charge in [0.2, 0.25) is 0 Å². The Bertz CT molecular complexity index is 826. The number of carbonyl (C=O) groups excluding carboxylic acids is 1. The zero-order chi connectivity index (χ0) is 18.4. The summed E-state index contributed by atoms with van der Waals surface area (Å²) in [5.41, 5.74) is 1.47. The lowest BCUT2D eigenvalue weighted by Crippen LogP contribution is -2.15. The molecule has 2 aromatic rings. The van der Waals surface area contributed by atoms with E-state index in [2.05, 4.69) is 5.32 Å². The van der Waals surface area contributed by atoms with Crippen LogP contribution in [0, 0.1) is 0 Å². The number of carbonyl (C=O) groups is 2. The number of anilines is 1. The summed E-state index contributed by atoms with van der Waals surface area (Å²) in [4.78, 5) is 23.5. The standard InChI is InChI=1S/C19H19NO5/c1-12(10-13-8-9-16(24-2)17(11-13)25-3)18(21)20-15-7-5-4-6-14(15)19(22)23/h4-11H,1-3H3,(H,20,21)(H,22,23)/b12-10+. The van der Waals surface area contributed by atoms with Gasteiger partial charge in [0.15, 0.2) is 11.5 Å². The first kappa shape index (κ1) is 18.1. The lowest BCUT2D eigenvalue weighted by Gasteiger charge is -2.10. The molecule has 0 aliphatic rings. The van der Waals surface area contributed by atoms with Crippen molar-refractivity contribution in [3.8, 4) is 11.5 Å². The molecule has 0 unspecified atom stereocenters. The zero-order valence-corrected chi connectivity index (χ0v) is 14.2. The second-order valence-corrected chi connectivity index (χ2v) is 5.25. The first-order chi connectivity index (χ1) is 12.0. The summed E-state index contributed by atoms with van der Waals surface area (Å²) in [6.07, 6.45) is 1.68. The Balaban J connectivity index is 2.23. The first-order valence-corrected chi connectivity index (χ1v) is 7.50. The van der Waals surface area contributed by atoms with Gasteiger partial charge >= 0.3 is 5.97 Å². The maximum atomic E-state index is 12.3. The van der Waals surface area contributed by atoms with Gasteiger partial charge in [-0.15, -0.1) is 0 Å². The van der Waals surface area contributed by atoms with Gasteiger partial charge in [0.1, 0.15) is 0 Å². The van der Waals surface area contributed by atoms with E-state index in [1.54, 1.807) is 56.5 Å². The average Bonchev–Trinajstić information content (AvgIpc) is 2.61. The van der Waals surface area contributed by atoms with Crippen molar-refractivity contribution < 1.29 is 24.2 Å². The SMILES string of the molecule is COc1ccc(/C=C(\C)C(=O)Nc2ccccc2C(=O)O)cc1OC. The van der Waals surface area contributed by atoms with Crippen molar-refractivity contribution in [3.05, 3.63) is 59.2 Å². The van der Waals surface area contributed by atoms with E-state index in [1.807, 2.05) is 0 Å². The van der Waals surface area contributed by atoms with Gasteiger partial charge < -0.3 is 19.9 Å². The van der Waals surface area contributed by atoms with Crippen LogP contribution in [0.4, 0.5) is 5.69 Å². The van der Waals surface area contributed by atoms with Gasteiger partial charge in [-0.2, -0.15) is 0 Å². The predicted molar refractivity (Wildman–Crippen MR) is 95.2 cm³/mol. The predicted octanol–water partition coefficient (Wildman–Crippen LogP) is 3.44. The molecule has 0 saturated heterocycles. The highest BCUT2D eigenvalue weighted by Crippen LogP contribution is 2.28. The van der Waals surface area contributed by atoms with Crippen LogP contribution in [0.2, 0.25) is 0 Å². The number of hydrogen-bond acceptors (Lipinski definition) is 4. The number of para-hydroxylation sites is 1. The summed E-state index contributed by atoms with van der Waals surface area (Å²) in [5, 5.41) is 11.8. The Hall–Kier alpha value is -3.28. The fourth-order valence-electron chi connectivity index (χ4n) is 2.26. The summed E-state index contributed by atoms with van der Waals surface area (Å²) in [6, 6.07) is 11.5. The van der Waals surface area contributed by atoms with Gasteiger partial charge in [-0.1, -0.05) is 18.2 Å². The third kappa shape index (κ3) is 4.38. The van der Waals surface area contributed by atoms with Gasteiger partial charge in [-0.3, -0.25) is 4.79 Å². The molecule has 0 spiro atoms. The van der Waals surface area contributed by atoms with Crippen LogP contribution in [0.1, 0.15) is 22.8 Å². The highest BCUT2D eigenvalue weighted by Gasteiger charge is 2.13. The smallest absolute Gasteiger partial charge is 0.337 e. The van der Waals surface area contributed by atoms with E-state index < -0.39 is 5.97 Å². The monoisotopic (exact) mass is 341 g/mol. The molecule has 25 heavy (non-hydrogen) atoms. The fraction of sp³-hybridized carbons (Fsp3) is 0.158. The summed E-state index contributed by atoms with van der Waals surface area (Å²) in [6.45, 7) is 1.65. The number of amides is 1. The van der Waals surface area contributed by atoms with Gasteiger partial charge in [0.05, 0.1) is 25.5 Å². The third-order valence-electron chi connectivity index (χ3n) is 3.55. The third-order valence-corrected chi connectivity index (χ3v) is 3.55. The number of ether oxygens (including phenoxy) is 2. The molecule has 6 nitrogen and oxygen atoms in total. The van der Waals surface area contributed by atoms with Crippen molar-refractivity contribution >= 4 is 23.6 Å². The van der Waals surface area contributed by atoms with Gasteiger partial charge in [-0.05, 0) is 42.8 Å². The van der Waals surface area contributed by atoms with Crippen LogP contribution >= 0.6 is 0 Å². The number of rotatable bonds is 6. The van der Waals surface area contributed by atoms with Crippen molar-refractivity contribution in [1.82, 2.24) is 0 Å². The summed E-state index contributed by atoms with van der Waals surface area (Å²) in [7, 11) is 3.08. The first-order valence-electron chi connectivity index (χ1n) is 7.50. The number of aromatic carboxylic acids is 1. The summed E-state index contributed by atoms with van der Waals surface area (Å²) >= 11 is 0. The normalized spacial score (nSPS) is 10.9. The molecule has 2 rings (SSSR count). The quantitative estimate of drug-likeness (QED) is 0.786. The zero-order valence-electron chi connectivity index (χ0n) is 14.2. The number of carboxylic acids is 1. The Labute approximate surface area is 145 Å². The number of carboxylic acid groups (broad SMARTS) is 1. The van der Waals surface area contributed by atoms with Crippen LogP contribution < -0.4 is 14.8 Å². The van der Waals surface area contributed by atoms with E-state index in [1.165, 1.54) is 13.2 Å². The topological polar surface area (TPSA) is 84.9 Å². The van der Waals surface area contributed by atoms with Crippen molar-refractivity contribution in [2.45, 2.75) is 6.92 Å². The minimum Gasteiger partial charge on any atom is -0.493 e. The van der Waals surface area contributed by atoms with Crippen LogP contribution in [-0.4, -0.2) is 31.2 Å². The van der Waals surface area contributed by atoms with E-state index in [4.69, 9.17) is 14.6 Å². The fourth-order valence-corrected chi connectivity index (χ4v) is 2.26. The van der Waals surface area contributed by atoms with Gasteiger partial charge in [-0.25, -0.2) is 4.79 Å².